The molecule has 4 amide bonds. The zero-order valence-corrected chi connectivity index (χ0v) is 33.7. The van der Waals surface area contributed by atoms with Crippen molar-refractivity contribution in [3.8, 4) is 0 Å². The van der Waals surface area contributed by atoms with Crippen molar-refractivity contribution in [1.82, 2.24) is 30.1 Å². The maximum atomic E-state index is 13.4. The molecule has 4 aliphatic rings. The summed E-state index contributed by atoms with van der Waals surface area (Å²) in [6.45, 7) is 9.48. The number of aromatic nitrogens is 3. The molecule has 16 heteroatoms. The van der Waals surface area contributed by atoms with Crippen LogP contribution in [0.5, 0.6) is 0 Å². The van der Waals surface area contributed by atoms with Gasteiger partial charge in [-0.1, -0.05) is 47.2 Å². The maximum absolute atomic E-state index is 13.4. The number of likely N-dealkylation sites (tertiary alicyclic amines) is 1. The van der Waals surface area contributed by atoms with Crippen molar-refractivity contribution < 1.29 is 19.2 Å². The standard InChI is InChI=1S/C41H47ClN10O4S/c1-25-5-3-6-32(42)38(25)48-40(56)33-22-43-41(57-33)46-34-21-35(45-26(2)44-34)50-19-17-49(18-20-50)16-4-7-37(54)51-23-29-12-13-30(24-51)52(29)28-10-8-27(9-11-28)31-14-15-36(53)47-39(31)55/h3,5-6,8-11,21-22,29-31H,4,7,12-20,23-24H2,1-2H3,(H,48,56)(H,47,53,55)(H,43,44,45,46). The van der Waals surface area contributed by atoms with E-state index >= 15 is 0 Å². The second-order valence-electron chi connectivity index (χ2n) is 15.3. The average Bonchev–Trinajstić information content (AvgIpc) is 3.77. The molecule has 14 nitrogen and oxygen atoms in total. The first kappa shape index (κ1) is 38.7. The zero-order chi connectivity index (χ0) is 39.6. The molecule has 3 unspecified atom stereocenters. The molecule has 2 aromatic carbocycles. The van der Waals surface area contributed by atoms with Crippen LogP contribution < -0.4 is 25.8 Å². The number of aryl methyl sites for hydroxylation is 2. The molecule has 57 heavy (non-hydrogen) atoms. The first-order chi connectivity index (χ1) is 27.6. The molecule has 8 rings (SSSR count). The van der Waals surface area contributed by atoms with E-state index < -0.39 is 0 Å². The lowest BCUT2D eigenvalue weighted by Crippen LogP contribution is -2.55. The number of halogens is 1. The Labute approximate surface area is 341 Å². The average molecular weight is 811 g/mol. The minimum atomic E-state index is -0.286. The highest BCUT2D eigenvalue weighted by molar-refractivity contribution is 7.17. The number of fused-ring (bicyclic) bond motifs is 2. The molecule has 4 saturated heterocycles. The fourth-order valence-electron chi connectivity index (χ4n) is 8.52. The number of rotatable bonds is 11. The van der Waals surface area contributed by atoms with E-state index in [1.54, 1.807) is 6.07 Å². The highest BCUT2D eigenvalue weighted by atomic mass is 35.5. The van der Waals surface area contributed by atoms with Crippen LogP contribution in [0.2, 0.25) is 5.02 Å². The smallest absolute Gasteiger partial charge is 0.267 e. The number of hydrogen-bond donors (Lipinski definition) is 3. The number of nitrogens with zero attached hydrogens (tertiary/aromatic N) is 7. The molecule has 4 fully saturated rings. The number of benzene rings is 2. The van der Waals surface area contributed by atoms with Gasteiger partial charge in [-0.05, 0) is 75.4 Å². The van der Waals surface area contributed by atoms with E-state index in [1.165, 1.54) is 17.5 Å². The summed E-state index contributed by atoms with van der Waals surface area (Å²) >= 11 is 7.53. The van der Waals surface area contributed by atoms with E-state index in [2.05, 4.69) is 57.7 Å². The fraction of sp³-hybridized carbons (Fsp3) is 0.439. The van der Waals surface area contributed by atoms with Crippen LogP contribution >= 0.6 is 22.9 Å². The first-order valence-electron chi connectivity index (χ1n) is 19.7. The number of nitrogens with one attached hydrogen (secondary N) is 3. The number of para-hydroxylation sites is 1. The number of imide groups is 1. The normalized spacial score (nSPS) is 21.1. The zero-order valence-electron chi connectivity index (χ0n) is 32.2. The summed E-state index contributed by atoms with van der Waals surface area (Å²) in [5.74, 6) is 1.33. The lowest BCUT2D eigenvalue weighted by Gasteiger charge is -2.42. The summed E-state index contributed by atoms with van der Waals surface area (Å²) in [7, 11) is 0. The van der Waals surface area contributed by atoms with Gasteiger partial charge in [-0.25, -0.2) is 15.0 Å². The molecule has 0 spiro atoms. The van der Waals surface area contributed by atoms with Crippen LogP contribution in [0.4, 0.5) is 28.1 Å². The molecule has 0 radical (unpaired) electrons. The number of amides is 4. The van der Waals surface area contributed by atoms with Gasteiger partial charge in [0.1, 0.15) is 22.3 Å². The van der Waals surface area contributed by atoms with E-state index in [9.17, 15) is 19.2 Å². The lowest BCUT2D eigenvalue weighted by atomic mass is 9.90. The Bertz CT molecular complexity index is 2120. The Hall–Kier alpha value is -5.12. The van der Waals surface area contributed by atoms with E-state index in [-0.39, 0.29) is 29.5 Å². The van der Waals surface area contributed by atoms with Crippen molar-refractivity contribution in [2.24, 2.45) is 0 Å². The molecule has 6 heterocycles. The SMILES string of the molecule is Cc1nc(Nc2ncc(C(=O)Nc3c(C)cccc3Cl)s2)cc(N2CCN(CCCC(=O)N3CC4CCC(C3)N4c3ccc(C4CCC(=O)NC4=O)cc3)CC2)n1. The molecule has 2 bridgehead atoms. The van der Waals surface area contributed by atoms with Crippen molar-refractivity contribution in [1.29, 1.82) is 0 Å². The van der Waals surface area contributed by atoms with Gasteiger partial charge in [0.05, 0.1) is 22.8 Å². The number of anilines is 5. The number of piperazine rings is 2. The third-order valence-corrected chi connectivity index (χ3v) is 12.7. The van der Waals surface area contributed by atoms with E-state index in [0.29, 0.717) is 63.7 Å². The molecule has 0 aliphatic carbocycles. The Morgan fingerprint density at radius 3 is 2.44 bits per heavy atom. The first-order valence-corrected chi connectivity index (χ1v) is 20.9. The number of carbonyl (C=O) groups excluding carboxylic acids is 4. The Balaban J connectivity index is 0.779. The van der Waals surface area contributed by atoms with Gasteiger partial charge in [0.15, 0.2) is 5.13 Å². The van der Waals surface area contributed by atoms with Crippen molar-refractivity contribution in [2.75, 3.05) is 66.2 Å². The van der Waals surface area contributed by atoms with Gasteiger partial charge in [-0.15, -0.1) is 0 Å². The van der Waals surface area contributed by atoms with Crippen LogP contribution in [0, 0.1) is 13.8 Å². The van der Waals surface area contributed by atoms with Crippen molar-refractivity contribution >= 4 is 74.7 Å². The third-order valence-electron chi connectivity index (χ3n) is 11.5. The monoisotopic (exact) mass is 810 g/mol. The largest absolute Gasteiger partial charge is 0.362 e. The molecule has 298 valence electrons. The van der Waals surface area contributed by atoms with Gasteiger partial charge < -0.3 is 25.3 Å². The lowest BCUT2D eigenvalue weighted by molar-refractivity contribution is -0.134. The van der Waals surface area contributed by atoms with Gasteiger partial charge in [0.2, 0.25) is 17.7 Å². The minimum Gasteiger partial charge on any atom is -0.362 e. The molecule has 4 aliphatic heterocycles. The van der Waals surface area contributed by atoms with E-state index in [1.807, 2.05) is 44.2 Å². The second-order valence-corrected chi connectivity index (χ2v) is 16.8. The van der Waals surface area contributed by atoms with Gasteiger partial charge in [-0.2, -0.15) is 0 Å². The van der Waals surface area contributed by atoms with Crippen molar-refractivity contribution in [3.05, 3.63) is 81.6 Å². The molecule has 3 N–H and O–H groups in total. The summed E-state index contributed by atoms with van der Waals surface area (Å²) in [5, 5.41) is 9.63. The van der Waals surface area contributed by atoms with Crippen LogP contribution in [0.15, 0.2) is 54.7 Å². The van der Waals surface area contributed by atoms with E-state index in [4.69, 9.17) is 16.6 Å². The maximum Gasteiger partial charge on any atom is 0.267 e. The van der Waals surface area contributed by atoms with Crippen LogP contribution in [0.3, 0.4) is 0 Å². The van der Waals surface area contributed by atoms with Gasteiger partial charge >= 0.3 is 0 Å². The summed E-state index contributed by atoms with van der Waals surface area (Å²) in [4.78, 5) is 73.6. The van der Waals surface area contributed by atoms with Crippen LogP contribution in [0.1, 0.15) is 71.1 Å². The number of carbonyl (C=O) groups is 4. The topological polar surface area (TPSA) is 156 Å². The summed E-state index contributed by atoms with van der Waals surface area (Å²) < 4.78 is 0. The molecule has 0 saturated carbocycles. The van der Waals surface area contributed by atoms with Crippen molar-refractivity contribution in [3.63, 3.8) is 0 Å². The van der Waals surface area contributed by atoms with Gasteiger partial charge in [0.25, 0.3) is 5.91 Å². The number of thiazole rings is 1. The third kappa shape index (κ3) is 8.75. The van der Waals surface area contributed by atoms with E-state index in [0.717, 1.165) is 87.7 Å². The molecule has 3 atom stereocenters. The Morgan fingerprint density at radius 2 is 1.72 bits per heavy atom. The van der Waals surface area contributed by atoms with Crippen LogP contribution in [0.25, 0.3) is 0 Å². The molecular weight excluding hydrogens is 764 g/mol. The van der Waals surface area contributed by atoms with Gasteiger partial charge in [-0.3, -0.25) is 29.4 Å². The van der Waals surface area contributed by atoms with Crippen LogP contribution in [-0.4, -0.2) is 106 Å². The minimum absolute atomic E-state index is 0.200. The molecular formula is C41H47ClN10O4S. The van der Waals surface area contributed by atoms with Crippen molar-refractivity contribution in [2.45, 2.75) is 70.4 Å². The fourth-order valence-corrected chi connectivity index (χ4v) is 9.51. The van der Waals surface area contributed by atoms with Gasteiger partial charge in [0, 0.05) is 75.9 Å². The Kier molecular flexibility index (Phi) is 11.4. The predicted octanol–water partition coefficient (Wildman–Crippen LogP) is 5.50. The highest BCUT2D eigenvalue weighted by Gasteiger charge is 2.41. The van der Waals surface area contributed by atoms with Crippen LogP contribution in [-0.2, 0) is 14.4 Å². The summed E-state index contributed by atoms with van der Waals surface area (Å²) in [6, 6.07) is 16.2. The predicted molar refractivity (Wildman–Crippen MR) is 222 cm³/mol. The highest BCUT2D eigenvalue weighted by Crippen LogP contribution is 2.37. The molecule has 2 aromatic heterocycles. The molecule has 4 aromatic rings. The quantitative estimate of drug-likeness (QED) is 0.165. The Morgan fingerprint density at radius 1 is 0.965 bits per heavy atom. The second kappa shape index (κ2) is 16.8. The number of piperidine rings is 1. The number of hydrogen-bond acceptors (Lipinski definition) is 12. The summed E-state index contributed by atoms with van der Waals surface area (Å²) in [6.07, 6.45) is 5.94. The summed E-state index contributed by atoms with van der Waals surface area (Å²) in [5.41, 5.74) is 3.54.